The van der Waals surface area contributed by atoms with Gasteiger partial charge in [0.1, 0.15) is 0 Å². The minimum absolute atomic E-state index is 0.403. The molecule has 3 heterocycles. The van der Waals surface area contributed by atoms with E-state index in [1.165, 1.54) is 17.7 Å². The van der Waals surface area contributed by atoms with Crippen LogP contribution < -0.4 is 0 Å². The Morgan fingerprint density at radius 1 is 1.25 bits per heavy atom. The SMILES string of the molecule is Clc1ccc(CN2C3CCC2CC(Cl)C3)s1. The lowest BCUT2D eigenvalue weighted by molar-refractivity contribution is 0.136. The van der Waals surface area contributed by atoms with Crippen molar-refractivity contribution in [1.82, 2.24) is 4.90 Å². The Kier molecular flexibility index (Phi) is 3.18. The van der Waals surface area contributed by atoms with Gasteiger partial charge in [0.25, 0.3) is 0 Å². The van der Waals surface area contributed by atoms with Crippen LogP contribution in [0.1, 0.15) is 30.6 Å². The first-order valence-electron chi connectivity index (χ1n) is 5.86. The number of rotatable bonds is 2. The van der Waals surface area contributed by atoms with Crippen LogP contribution in [0.3, 0.4) is 0 Å². The Labute approximate surface area is 110 Å². The fourth-order valence-corrected chi connectivity index (χ4v) is 4.59. The molecule has 2 fully saturated rings. The molecule has 2 aliphatic rings. The molecule has 2 saturated heterocycles. The number of alkyl halides is 1. The normalized spacial score (nSPS) is 34.5. The largest absolute Gasteiger partial charge is 0.292 e. The summed E-state index contributed by atoms with van der Waals surface area (Å²) in [6.07, 6.45) is 4.98. The molecule has 0 N–H and O–H groups in total. The van der Waals surface area contributed by atoms with E-state index in [9.17, 15) is 0 Å². The van der Waals surface area contributed by atoms with Gasteiger partial charge in [0.15, 0.2) is 0 Å². The van der Waals surface area contributed by atoms with Gasteiger partial charge in [-0.3, -0.25) is 4.90 Å². The van der Waals surface area contributed by atoms with Gasteiger partial charge in [-0.1, -0.05) is 11.6 Å². The summed E-state index contributed by atoms with van der Waals surface area (Å²) in [5.41, 5.74) is 0. The van der Waals surface area contributed by atoms with E-state index in [1.807, 2.05) is 6.07 Å². The molecule has 2 atom stereocenters. The van der Waals surface area contributed by atoms with E-state index in [0.717, 1.165) is 23.7 Å². The van der Waals surface area contributed by atoms with Crippen molar-refractivity contribution in [3.8, 4) is 0 Å². The minimum atomic E-state index is 0.403. The third kappa shape index (κ3) is 2.13. The van der Waals surface area contributed by atoms with Gasteiger partial charge in [-0.2, -0.15) is 0 Å². The van der Waals surface area contributed by atoms with Crippen LogP contribution in [0.4, 0.5) is 0 Å². The highest BCUT2D eigenvalue weighted by Crippen LogP contribution is 2.39. The zero-order valence-electron chi connectivity index (χ0n) is 9.03. The van der Waals surface area contributed by atoms with E-state index in [4.69, 9.17) is 23.2 Å². The van der Waals surface area contributed by atoms with E-state index in [2.05, 4.69) is 11.0 Å². The molecule has 0 aliphatic carbocycles. The van der Waals surface area contributed by atoms with E-state index in [1.54, 1.807) is 11.3 Å². The number of piperidine rings is 1. The highest BCUT2D eigenvalue weighted by Gasteiger charge is 2.39. The number of halogens is 2. The van der Waals surface area contributed by atoms with Crippen LogP contribution in [-0.2, 0) is 6.54 Å². The molecule has 0 radical (unpaired) electrons. The molecular weight excluding hydrogens is 261 g/mol. The smallest absolute Gasteiger partial charge is 0.0931 e. The zero-order valence-corrected chi connectivity index (χ0v) is 11.4. The Hall–Kier alpha value is 0.240. The molecule has 4 heteroatoms. The minimum Gasteiger partial charge on any atom is -0.292 e. The van der Waals surface area contributed by atoms with Gasteiger partial charge >= 0.3 is 0 Å². The third-order valence-corrected chi connectivity index (χ3v) is 5.37. The maximum atomic E-state index is 6.27. The topological polar surface area (TPSA) is 3.24 Å². The quantitative estimate of drug-likeness (QED) is 0.734. The molecule has 0 saturated carbocycles. The zero-order chi connectivity index (χ0) is 11.1. The molecule has 0 spiro atoms. The first-order chi connectivity index (χ1) is 7.72. The van der Waals surface area contributed by atoms with E-state index in [-0.39, 0.29) is 0 Å². The lowest BCUT2D eigenvalue weighted by Gasteiger charge is -2.36. The number of thiophene rings is 1. The van der Waals surface area contributed by atoms with Crippen LogP contribution in [0.2, 0.25) is 4.34 Å². The van der Waals surface area contributed by atoms with Gasteiger partial charge < -0.3 is 0 Å². The predicted molar refractivity (Wildman–Crippen MR) is 70.6 cm³/mol. The molecule has 1 aromatic rings. The second kappa shape index (κ2) is 4.49. The Balaban J connectivity index is 1.72. The summed E-state index contributed by atoms with van der Waals surface area (Å²) in [4.78, 5) is 4.02. The maximum Gasteiger partial charge on any atom is 0.0931 e. The number of nitrogens with zero attached hydrogens (tertiary/aromatic N) is 1. The van der Waals surface area contributed by atoms with Crippen molar-refractivity contribution in [2.24, 2.45) is 0 Å². The summed E-state index contributed by atoms with van der Waals surface area (Å²) >= 11 is 13.9. The van der Waals surface area contributed by atoms with E-state index in [0.29, 0.717) is 17.5 Å². The maximum absolute atomic E-state index is 6.27. The van der Waals surface area contributed by atoms with Crippen molar-refractivity contribution >= 4 is 34.5 Å². The van der Waals surface area contributed by atoms with Crippen LogP contribution in [0.15, 0.2) is 12.1 Å². The average Bonchev–Trinajstić information content (AvgIpc) is 2.72. The van der Waals surface area contributed by atoms with Crippen molar-refractivity contribution in [1.29, 1.82) is 0 Å². The highest BCUT2D eigenvalue weighted by molar-refractivity contribution is 7.16. The lowest BCUT2D eigenvalue weighted by Crippen LogP contribution is -2.42. The summed E-state index contributed by atoms with van der Waals surface area (Å²) in [6.45, 7) is 1.07. The predicted octanol–water partition coefficient (Wildman–Crippen LogP) is 4.14. The van der Waals surface area contributed by atoms with Crippen LogP contribution in [-0.4, -0.2) is 22.4 Å². The van der Waals surface area contributed by atoms with Gasteiger partial charge in [-0.05, 0) is 37.8 Å². The summed E-state index contributed by atoms with van der Waals surface area (Å²) in [5.74, 6) is 0. The van der Waals surface area contributed by atoms with E-state index >= 15 is 0 Å². The first-order valence-corrected chi connectivity index (χ1v) is 7.49. The molecule has 16 heavy (non-hydrogen) atoms. The summed E-state index contributed by atoms with van der Waals surface area (Å²) in [6, 6.07) is 5.57. The summed E-state index contributed by atoms with van der Waals surface area (Å²) in [5, 5.41) is 0.403. The molecule has 2 unspecified atom stereocenters. The molecule has 0 aromatic carbocycles. The number of hydrogen-bond donors (Lipinski definition) is 0. The molecule has 0 amide bonds. The van der Waals surface area contributed by atoms with Gasteiger partial charge in [-0.15, -0.1) is 22.9 Å². The van der Waals surface area contributed by atoms with Gasteiger partial charge in [-0.25, -0.2) is 0 Å². The van der Waals surface area contributed by atoms with Crippen LogP contribution in [0.5, 0.6) is 0 Å². The second-order valence-electron chi connectivity index (χ2n) is 4.83. The molecule has 88 valence electrons. The van der Waals surface area contributed by atoms with Crippen molar-refractivity contribution in [2.75, 3.05) is 0 Å². The average molecular weight is 276 g/mol. The first kappa shape index (κ1) is 11.3. The van der Waals surface area contributed by atoms with Crippen molar-refractivity contribution in [3.05, 3.63) is 21.3 Å². The Morgan fingerprint density at radius 2 is 1.94 bits per heavy atom. The standard InChI is InChI=1S/C12H15Cl2NS/c13-8-5-9-1-2-10(6-8)15(9)7-11-3-4-12(14)16-11/h3-4,8-10H,1-2,5-7H2. The van der Waals surface area contributed by atoms with Crippen LogP contribution >= 0.6 is 34.5 Å². The van der Waals surface area contributed by atoms with Crippen LogP contribution in [0, 0.1) is 0 Å². The van der Waals surface area contributed by atoms with Crippen molar-refractivity contribution in [2.45, 2.75) is 49.7 Å². The number of hydrogen-bond acceptors (Lipinski definition) is 2. The molecule has 3 rings (SSSR count). The van der Waals surface area contributed by atoms with Crippen molar-refractivity contribution in [3.63, 3.8) is 0 Å². The van der Waals surface area contributed by atoms with Gasteiger partial charge in [0.2, 0.25) is 0 Å². The summed E-state index contributed by atoms with van der Waals surface area (Å²) in [7, 11) is 0. The fraction of sp³-hybridized carbons (Fsp3) is 0.667. The molecule has 1 nitrogen and oxygen atoms in total. The molecule has 1 aromatic heterocycles. The van der Waals surface area contributed by atoms with Crippen LogP contribution in [0.25, 0.3) is 0 Å². The highest BCUT2D eigenvalue weighted by atomic mass is 35.5. The second-order valence-corrected chi connectivity index (χ2v) is 7.25. The molecular formula is C12H15Cl2NS. The lowest BCUT2D eigenvalue weighted by atomic mass is 10.0. The third-order valence-electron chi connectivity index (χ3n) is 3.79. The van der Waals surface area contributed by atoms with Gasteiger partial charge in [0.05, 0.1) is 4.34 Å². The fourth-order valence-electron chi connectivity index (χ4n) is 3.08. The molecule has 2 aliphatic heterocycles. The Morgan fingerprint density at radius 3 is 2.50 bits per heavy atom. The Bertz CT molecular complexity index is 365. The van der Waals surface area contributed by atoms with Crippen molar-refractivity contribution < 1.29 is 0 Å². The summed E-state index contributed by atoms with van der Waals surface area (Å²) < 4.78 is 0.898. The molecule has 2 bridgehead atoms. The van der Waals surface area contributed by atoms with Gasteiger partial charge in [0, 0.05) is 28.9 Å². The monoisotopic (exact) mass is 275 g/mol. The van der Waals surface area contributed by atoms with E-state index < -0.39 is 0 Å². The number of fused-ring (bicyclic) bond motifs is 2.